The van der Waals surface area contributed by atoms with Crippen LogP contribution in [0.2, 0.25) is 0 Å². The Morgan fingerprint density at radius 1 is 1.27 bits per heavy atom. The predicted molar refractivity (Wildman–Crippen MR) is 72.3 cm³/mol. The lowest BCUT2D eigenvalue weighted by Gasteiger charge is -2.18. The molecule has 0 aliphatic heterocycles. The molecule has 1 rings (SSSR count). The molecular formula is C10H14Br2ClNO. The molecule has 86 valence electrons. The zero-order chi connectivity index (χ0) is 10.7. The summed E-state index contributed by atoms with van der Waals surface area (Å²) in [7, 11) is 0. The fraction of sp³-hybridized carbons (Fsp3) is 0.400. The van der Waals surface area contributed by atoms with Crippen LogP contribution in [0.25, 0.3) is 0 Å². The Hall–Kier alpha value is 0.390. The lowest BCUT2D eigenvalue weighted by molar-refractivity contribution is 0.140. The van der Waals surface area contributed by atoms with Gasteiger partial charge in [-0.25, -0.2) is 0 Å². The molecule has 0 unspecified atom stereocenters. The lowest BCUT2D eigenvalue weighted by Crippen LogP contribution is -2.25. The van der Waals surface area contributed by atoms with Crippen LogP contribution in [0.3, 0.4) is 0 Å². The van der Waals surface area contributed by atoms with E-state index in [4.69, 9.17) is 5.73 Å². The molecule has 15 heavy (non-hydrogen) atoms. The fourth-order valence-electron chi connectivity index (χ4n) is 1.24. The summed E-state index contributed by atoms with van der Waals surface area (Å²) >= 11 is 6.77. The average molecular weight is 359 g/mol. The second-order valence-electron chi connectivity index (χ2n) is 3.20. The molecule has 2 nitrogen and oxygen atoms in total. The predicted octanol–water partition coefficient (Wildman–Crippen LogP) is 3.40. The van der Waals surface area contributed by atoms with Crippen LogP contribution in [0.15, 0.2) is 27.1 Å². The highest BCUT2D eigenvalue weighted by molar-refractivity contribution is 9.11. The van der Waals surface area contributed by atoms with Gasteiger partial charge in [0.25, 0.3) is 0 Å². The Balaban J connectivity index is 0.00000196. The van der Waals surface area contributed by atoms with Gasteiger partial charge in [0.1, 0.15) is 0 Å². The van der Waals surface area contributed by atoms with E-state index in [-0.39, 0.29) is 18.4 Å². The molecule has 0 saturated carbocycles. The van der Waals surface area contributed by atoms with Crippen molar-refractivity contribution in [1.82, 2.24) is 0 Å². The maximum atomic E-state index is 9.61. The SMILES string of the molecule is CC[C@H](O)[C@H](N)c1cc(Br)cc(Br)c1.Cl. The van der Waals surface area contributed by atoms with Crippen molar-refractivity contribution in [2.24, 2.45) is 5.73 Å². The van der Waals surface area contributed by atoms with Crippen LogP contribution in [-0.4, -0.2) is 11.2 Å². The van der Waals surface area contributed by atoms with E-state index in [1.807, 2.05) is 25.1 Å². The zero-order valence-electron chi connectivity index (χ0n) is 8.28. The molecule has 0 saturated heterocycles. The second-order valence-corrected chi connectivity index (χ2v) is 5.04. The van der Waals surface area contributed by atoms with Gasteiger partial charge >= 0.3 is 0 Å². The number of nitrogens with two attached hydrogens (primary N) is 1. The summed E-state index contributed by atoms with van der Waals surface area (Å²) in [5.74, 6) is 0. The van der Waals surface area contributed by atoms with E-state index in [0.29, 0.717) is 6.42 Å². The number of benzene rings is 1. The van der Waals surface area contributed by atoms with E-state index in [1.165, 1.54) is 0 Å². The Bertz CT molecular complexity index is 302. The molecule has 0 amide bonds. The van der Waals surface area contributed by atoms with Crippen molar-refractivity contribution >= 4 is 44.3 Å². The monoisotopic (exact) mass is 357 g/mol. The van der Waals surface area contributed by atoms with Crippen LogP contribution in [0.5, 0.6) is 0 Å². The lowest BCUT2D eigenvalue weighted by atomic mass is 10.0. The van der Waals surface area contributed by atoms with E-state index < -0.39 is 6.10 Å². The molecule has 0 bridgehead atoms. The first-order valence-electron chi connectivity index (χ1n) is 4.44. The first-order valence-corrected chi connectivity index (χ1v) is 6.02. The number of aliphatic hydroxyl groups excluding tert-OH is 1. The van der Waals surface area contributed by atoms with E-state index in [2.05, 4.69) is 31.9 Å². The first kappa shape index (κ1) is 15.4. The summed E-state index contributed by atoms with van der Waals surface area (Å²) in [6.45, 7) is 1.91. The number of rotatable bonds is 3. The largest absolute Gasteiger partial charge is 0.391 e. The molecule has 1 aromatic carbocycles. The van der Waals surface area contributed by atoms with Crippen molar-refractivity contribution in [2.75, 3.05) is 0 Å². The van der Waals surface area contributed by atoms with E-state index in [1.54, 1.807) is 0 Å². The van der Waals surface area contributed by atoms with E-state index in [9.17, 15) is 5.11 Å². The van der Waals surface area contributed by atoms with Gasteiger partial charge < -0.3 is 10.8 Å². The number of hydrogen-bond donors (Lipinski definition) is 2. The third-order valence-corrected chi connectivity index (χ3v) is 3.02. The molecule has 2 atom stereocenters. The highest BCUT2D eigenvalue weighted by Crippen LogP contribution is 2.25. The fourth-order valence-corrected chi connectivity index (χ4v) is 2.57. The molecule has 0 radical (unpaired) electrons. The van der Waals surface area contributed by atoms with Crippen LogP contribution < -0.4 is 5.73 Å². The Morgan fingerprint density at radius 2 is 1.73 bits per heavy atom. The first-order chi connectivity index (χ1) is 6.54. The summed E-state index contributed by atoms with van der Waals surface area (Å²) in [5.41, 5.74) is 6.83. The van der Waals surface area contributed by atoms with Gasteiger partial charge in [-0.2, -0.15) is 0 Å². The second kappa shape index (κ2) is 6.86. The van der Waals surface area contributed by atoms with Crippen LogP contribution in [0.1, 0.15) is 24.9 Å². The number of hydrogen-bond acceptors (Lipinski definition) is 2. The van der Waals surface area contributed by atoms with Gasteiger partial charge in [0, 0.05) is 8.95 Å². The minimum atomic E-state index is -0.490. The smallest absolute Gasteiger partial charge is 0.0730 e. The molecule has 3 N–H and O–H groups in total. The van der Waals surface area contributed by atoms with Crippen molar-refractivity contribution in [1.29, 1.82) is 0 Å². The van der Waals surface area contributed by atoms with Crippen LogP contribution in [0, 0.1) is 0 Å². The highest BCUT2D eigenvalue weighted by Gasteiger charge is 2.15. The molecule has 1 aromatic rings. The van der Waals surface area contributed by atoms with Gasteiger partial charge in [-0.3, -0.25) is 0 Å². The van der Waals surface area contributed by atoms with Gasteiger partial charge in [-0.15, -0.1) is 12.4 Å². The Morgan fingerprint density at radius 3 is 2.13 bits per heavy atom. The summed E-state index contributed by atoms with van der Waals surface area (Å²) < 4.78 is 1.92. The van der Waals surface area contributed by atoms with Crippen molar-refractivity contribution < 1.29 is 5.11 Å². The zero-order valence-corrected chi connectivity index (χ0v) is 12.3. The van der Waals surface area contributed by atoms with Crippen molar-refractivity contribution in [3.63, 3.8) is 0 Å². The van der Waals surface area contributed by atoms with Crippen molar-refractivity contribution in [3.8, 4) is 0 Å². The summed E-state index contributed by atoms with van der Waals surface area (Å²) in [6, 6.07) is 5.46. The molecule has 0 aromatic heterocycles. The molecular weight excluding hydrogens is 345 g/mol. The quantitative estimate of drug-likeness (QED) is 0.869. The third-order valence-electron chi connectivity index (χ3n) is 2.10. The minimum absolute atomic E-state index is 0. The Kier molecular flexibility index (Phi) is 7.04. The molecule has 0 aliphatic rings. The molecule has 5 heteroatoms. The maximum Gasteiger partial charge on any atom is 0.0730 e. The van der Waals surface area contributed by atoms with Crippen LogP contribution in [0.4, 0.5) is 0 Å². The van der Waals surface area contributed by atoms with Crippen LogP contribution in [-0.2, 0) is 0 Å². The number of halogens is 3. The number of aliphatic hydroxyl groups is 1. The highest BCUT2D eigenvalue weighted by atomic mass is 79.9. The van der Waals surface area contributed by atoms with Gasteiger partial charge in [0.05, 0.1) is 12.1 Å². The van der Waals surface area contributed by atoms with Crippen LogP contribution >= 0.6 is 44.3 Å². The normalized spacial score (nSPS) is 14.2. The maximum absolute atomic E-state index is 9.61. The average Bonchev–Trinajstić information content (AvgIpc) is 2.14. The summed E-state index contributed by atoms with van der Waals surface area (Å²) in [6.07, 6.45) is 0.168. The molecule has 0 heterocycles. The topological polar surface area (TPSA) is 46.2 Å². The summed E-state index contributed by atoms with van der Waals surface area (Å²) in [4.78, 5) is 0. The van der Waals surface area contributed by atoms with E-state index >= 15 is 0 Å². The Labute approximate surface area is 113 Å². The molecule has 0 fully saturated rings. The summed E-state index contributed by atoms with van der Waals surface area (Å²) in [5, 5.41) is 9.61. The van der Waals surface area contributed by atoms with Crippen molar-refractivity contribution in [3.05, 3.63) is 32.7 Å². The molecule has 0 spiro atoms. The van der Waals surface area contributed by atoms with Gasteiger partial charge in [-0.05, 0) is 30.2 Å². The van der Waals surface area contributed by atoms with Gasteiger partial charge in [0.2, 0.25) is 0 Å². The van der Waals surface area contributed by atoms with Gasteiger partial charge in [-0.1, -0.05) is 38.8 Å². The van der Waals surface area contributed by atoms with Gasteiger partial charge in [0.15, 0.2) is 0 Å². The third kappa shape index (κ3) is 4.41. The minimum Gasteiger partial charge on any atom is -0.391 e. The van der Waals surface area contributed by atoms with Crippen molar-refractivity contribution in [2.45, 2.75) is 25.5 Å². The molecule has 0 aliphatic carbocycles. The van der Waals surface area contributed by atoms with E-state index in [0.717, 1.165) is 14.5 Å². The standard InChI is InChI=1S/C10H13Br2NO.ClH/c1-2-9(14)10(13)6-3-7(11)5-8(12)4-6;/h3-5,9-10,14H,2,13H2,1H3;1H/t9-,10+;/m0./s1.